The summed E-state index contributed by atoms with van der Waals surface area (Å²) in [5, 5.41) is 5.50. The Morgan fingerprint density at radius 1 is 1.03 bits per heavy atom. The van der Waals surface area contributed by atoms with Crippen molar-refractivity contribution in [3.8, 4) is 11.3 Å². The summed E-state index contributed by atoms with van der Waals surface area (Å²) in [7, 11) is 0. The van der Waals surface area contributed by atoms with E-state index in [9.17, 15) is 0 Å². The van der Waals surface area contributed by atoms with Crippen LogP contribution in [0, 0.1) is 11.8 Å². The number of benzene rings is 1. The minimum Gasteiger partial charge on any atom is -0.457 e. The van der Waals surface area contributed by atoms with Crippen LogP contribution in [-0.2, 0) is 20.8 Å². The number of halogens is 2. The van der Waals surface area contributed by atoms with E-state index in [4.69, 9.17) is 41.9 Å². The van der Waals surface area contributed by atoms with Crippen LogP contribution in [0.15, 0.2) is 35.2 Å². The average Bonchev–Trinajstić information content (AvgIpc) is 3.03. The molecule has 0 amide bonds. The zero-order chi connectivity index (χ0) is 20.3. The number of hydrogen-bond acceptors (Lipinski definition) is 5. The summed E-state index contributed by atoms with van der Waals surface area (Å²) in [5.41, 5.74) is 2.43. The third-order valence-electron chi connectivity index (χ3n) is 7.00. The first-order chi connectivity index (χ1) is 14.6. The van der Waals surface area contributed by atoms with Crippen LogP contribution >= 0.6 is 23.2 Å². The van der Waals surface area contributed by atoms with Crippen LogP contribution < -0.4 is 0 Å². The van der Waals surface area contributed by atoms with Crippen LogP contribution in [0.25, 0.3) is 11.3 Å². The van der Waals surface area contributed by atoms with Gasteiger partial charge in [0.2, 0.25) is 5.79 Å². The molecule has 1 unspecified atom stereocenters. The van der Waals surface area contributed by atoms with Crippen molar-refractivity contribution >= 4 is 23.2 Å². The highest BCUT2D eigenvalue weighted by atomic mass is 35.5. The molecule has 5 nitrogen and oxygen atoms in total. The van der Waals surface area contributed by atoms with Crippen molar-refractivity contribution in [2.45, 2.75) is 62.9 Å². The predicted octanol–water partition coefficient (Wildman–Crippen LogP) is 6.45. The molecule has 4 aliphatic rings. The molecule has 3 atom stereocenters. The zero-order valence-electron chi connectivity index (χ0n) is 16.5. The normalized spacial score (nSPS) is 28.7. The van der Waals surface area contributed by atoms with Gasteiger partial charge >= 0.3 is 0 Å². The van der Waals surface area contributed by atoms with Gasteiger partial charge in [-0.1, -0.05) is 34.4 Å². The van der Waals surface area contributed by atoms with Crippen molar-refractivity contribution in [1.29, 1.82) is 0 Å². The Morgan fingerprint density at radius 2 is 1.70 bits per heavy atom. The fourth-order valence-electron chi connectivity index (χ4n) is 5.45. The molecule has 3 aliphatic carbocycles. The van der Waals surface area contributed by atoms with Gasteiger partial charge in [-0.05, 0) is 49.7 Å². The maximum atomic E-state index is 6.46. The Balaban J connectivity index is 1.19. The lowest BCUT2D eigenvalue weighted by atomic mass is 10.0. The molecule has 0 saturated heterocycles. The maximum Gasteiger partial charge on any atom is 0.250 e. The topological polar surface area (TPSA) is 53.7 Å². The fraction of sp³-hybridized carbons (Fsp3) is 0.522. The molecule has 1 spiro atoms. The van der Waals surface area contributed by atoms with E-state index in [0.29, 0.717) is 40.1 Å². The van der Waals surface area contributed by atoms with Gasteiger partial charge in [0.1, 0.15) is 24.0 Å². The second-order valence-electron chi connectivity index (χ2n) is 9.00. The van der Waals surface area contributed by atoms with Crippen LogP contribution in [0.4, 0.5) is 0 Å². The van der Waals surface area contributed by atoms with Gasteiger partial charge in [0, 0.05) is 29.9 Å². The Hall–Kier alpha value is -1.69. The summed E-state index contributed by atoms with van der Waals surface area (Å²) < 4.78 is 23.6. The van der Waals surface area contributed by atoms with Crippen LogP contribution in [0.5, 0.6) is 0 Å². The quantitative estimate of drug-likeness (QED) is 0.527. The van der Waals surface area contributed by atoms with E-state index < -0.39 is 5.79 Å². The second-order valence-corrected chi connectivity index (χ2v) is 9.81. The van der Waals surface area contributed by atoms with E-state index in [-0.39, 0.29) is 6.10 Å². The third kappa shape index (κ3) is 3.22. The zero-order valence-corrected chi connectivity index (χ0v) is 18.0. The number of rotatable bonds is 5. The first kappa shape index (κ1) is 19.0. The first-order valence-electron chi connectivity index (χ1n) is 10.7. The van der Waals surface area contributed by atoms with Gasteiger partial charge in [-0.15, -0.1) is 0 Å². The van der Waals surface area contributed by atoms with E-state index in [1.54, 1.807) is 12.5 Å². The van der Waals surface area contributed by atoms with Crippen molar-refractivity contribution in [3.63, 3.8) is 0 Å². The SMILES string of the molecule is Clc1cccc(Cl)c1-c1noc(C2CC2)c1COC1C[C@@H]2CC3(C[C@@H]2C1)OC=CO3. The molecule has 0 radical (unpaired) electrons. The van der Waals surface area contributed by atoms with Gasteiger partial charge < -0.3 is 18.7 Å². The van der Waals surface area contributed by atoms with Crippen LogP contribution in [-0.4, -0.2) is 17.0 Å². The number of aromatic nitrogens is 1. The van der Waals surface area contributed by atoms with Gasteiger partial charge in [-0.2, -0.15) is 0 Å². The summed E-state index contributed by atoms with van der Waals surface area (Å²) in [6, 6.07) is 5.49. The summed E-state index contributed by atoms with van der Waals surface area (Å²) in [6.07, 6.45) is 9.75. The predicted molar refractivity (Wildman–Crippen MR) is 112 cm³/mol. The molecule has 158 valence electrons. The summed E-state index contributed by atoms with van der Waals surface area (Å²) in [6.45, 7) is 0.468. The Labute approximate surface area is 185 Å². The van der Waals surface area contributed by atoms with Crippen molar-refractivity contribution in [1.82, 2.24) is 5.16 Å². The van der Waals surface area contributed by atoms with Crippen LogP contribution in [0.3, 0.4) is 0 Å². The highest BCUT2D eigenvalue weighted by molar-refractivity contribution is 6.39. The molecule has 3 saturated carbocycles. The fourth-order valence-corrected chi connectivity index (χ4v) is 6.02. The monoisotopic (exact) mass is 447 g/mol. The van der Waals surface area contributed by atoms with E-state index in [1.165, 1.54) is 0 Å². The molecule has 0 N–H and O–H groups in total. The van der Waals surface area contributed by atoms with Crippen molar-refractivity contribution in [3.05, 3.63) is 52.1 Å². The lowest BCUT2D eigenvalue weighted by molar-refractivity contribution is -0.141. The smallest absolute Gasteiger partial charge is 0.250 e. The molecular formula is C23H23Cl2NO4. The van der Waals surface area contributed by atoms with Crippen molar-refractivity contribution < 1.29 is 18.7 Å². The van der Waals surface area contributed by atoms with E-state index >= 15 is 0 Å². The largest absolute Gasteiger partial charge is 0.457 e. The van der Waals surface area contributed by atoms with E-state index in [2.05, 4.69) is 5.16 Å². The summed E-state index contributed by atoms with van der Waals surface area (Å²) >= 11 is 12.9. The van der Waals surface area contributed by atoms with Crippen LogP contribution in [0.1, 0.15) is 55.8 Å². The molecule has 30 heavy (non-hydrogen) atoms. The Bertz CT molecular complexity index is 955. The molecule has 7 heteroatoms. The minimum absolute atomic E-state index is 0.225. The number of fused-ring (bicyclic) bond motifs is 1. The van der Waals surface area contributed by atoms with E-state index in [1.807, 2.05) is 18.2 Å². The van der Waals surface area contributed by atoms with Crippen LogP contribution in [0.2, 0.25) is 10.0 Å². The molecular weight excluding hydrogens is 425 g/mol. The van der Waals surface area contributed by atoms with Gasteiger partial charge in [0.25, 0.3) is 0 Å². The molecule has 3 fully saturated rings. The molecule has 1 aromatic heterocycles. The molecule has 1 aromatic carbocycles. The average molecular weight is 448 g/mol. The van der Waals surface area contributed by atoms with Gasteiger partial charge in [-0.3, -0.25) is 0 Å². The van der Waals surface area contributed by atoms with Crippen molar-refractivity contribution in [2.24, 2.45) is 11.8 Å². The van der Waals surface area contributed by atoms with Gasteiger partial charge in [0.15, 0.2) is 0 Å². The maximum absolute atomic E-state index is 6.46. The van der Waals surface area contributed by atoms with Gasteiger partial charge in [-0.25, -0.2) is 0 Å². The molecule has 6 rings (SSSR count). The highest BCUT2D eigenvalue weighted by Crippen LogP contribution is 2.53. The summed E-state index contributed by atoms with van der Waals surface area (Å²) in [4.78, 5) is 0. The Morgan fingerprint density at radius 3 is 2.33 bits per heavy atom. The summed E-state index contributed by atoms with van der Waals surface area (Å²) in [5.74, 6) is 2.10. The number of hydrogen-bond donors (Lipinski definition) is 0. The molecule has 2 heterocycles. The number of nitrogens with zero attached hydrogens (tertiary/aromatic N) is 1. The first-order valence-corrected chi connectivity index (χ1v) is 11.4. The highest BCUT2D eigenvalue weighted by Gasteiger charge is 2.53. The van der Waals surface area contributed by atoms with Crippen molar-refractivity contribution in [2.75, 3.05) is 0 Å². The second kappa shape index (κ2) is 7.18. The lowest BCUT2D eigenvalue weighted by Crippen LogP contribution is -2.27. The third-order valence-corrected chi connectivity index (χ3v) is 7.63. The minimum atomic E-state index is -0.415. The standard InChI is InChI=1S/C23H23Cl2NO4/c24-18-2-1-3-19(25)20(18)21-17(22(30-26-21)13-4-5-13)12-27-16-8-14-10-23(11-15(14)9-16)28-6-7-29-23/h1-3,6-7,13-16H,4-5,8-12H2/t14-,15+,16?. The molecule has 1 aliphatic heterocycles. The van der Waals surface area contributed by atoms with Gasteiger partial charge in [0.05, 0.1) is 22.8 Å². The molecule has 2 aromatic rings. The Kier molecular flexibility index (Phi) is 4.55. The molecule has 0 bridgehead atoms. The van der Waals surface area contributed by atoms with E-state index in [0.717, 1.165) is 55.4 Å². The lowest BCUT2D eigenvalue weighted by Gasteiger charge is -2.24. The number of ether oxygens (including phenoxy) is 3.